The Morgan fingerprint density at radius 3 is 2.88 bits per heavy atom. The van der Waals surface area contributed by atoms with Crippen LogP contribution in [0.2, 0.25) is 0 Å². The molecule has 176 valence electrons. The Morgan fingerprint density at radius 2 is 2.06 bits per heavy atom. The van der Waals surface area contributed by atoms with Crippen LogP contribution in [0.15, 0.2) is 62.9 Å². The van der Waals surface area contributed by atoms with Gasteiger partial charge in [-0.3, -0.25) is 14.2 Å². The lowest BCUT2D eigenvalue weighted by Crippen LogP contribution is -2.29. The van der Waals surface area contributed by atoms with Crippen LogP contribution >= 0.6 is 11.8 Å². The number of hydrogen-bond donors (Lipinski definition) is 1. The van der Waals surface area contributed by atoms with E-state index in [4.69, 9.17) is 18.9 Å². The highest BCUT2D eigenvalue weighted by molar-refractivity contribution is 7.99. The van der Waals surface area contributed by atoms with Crippen LogP contribution in [0.5, 0.6) is 5.75 Å². The van der Waals surface area contributed by atoms with E-state index in [1.165, 1.54) is 11.8 Å². The highest BCUT2D eigenvalue weighted by Crippen LogP contribution is 2.29. The van der Waals surface area contributed by atoms with Gasteiger partial charge in [-0.15, -0.1) is 0 Å². The molecule has 1 aliphatic rings. The fourth-order valence-corrected chi connectivity index (χ4v) is 4.89. The summed E-state index contributed by atoms with van der Waals surface area (Å²) in [5.74, 6) is 0.481. The zero-order valence-electron chi connectivity index (χ0n) is 18.8. The molecule has 5 rings (SSSR count). The van der Waals surface area contributed by atoms with Crippen molar-refractivity contribution in [2.45, 2.75) is 37.6 Å². The third-order valence-corrected chi connectivity index (χ3v) is 6.63. The van der Waals surface area contributed by atoms with Gasteiger partial charge in [-0.25, -0.2) is 4.98 Å². The van der Waals surface area contributed by atoms with Crippen LogP contribution in [-0.2, 0) is 16.1 Å². The van der Waals surface area contributed by atoms with Gasteiger partial charge >= 0.3 is 0 Å². The average Bonchev–Trinajstić information content (AvgIpc) is 3.49. The quantitative estimate of drug-likeness (QED) is 0.295. The second-order valence-electron chi connectivity index (χ2n) is 7.99. The molecule has 2 aromatic carbocycles. The normalized spacial score (nSPS) is 15.7. The van der Waals surface area contributed by atoms with E-state index in [0.29, 0.717) is 47.5 Å². The molecule has 0 bridgehead atoms. The summed E-state index contributed by atoms with van der Waals surface area (Å²) in [5, 5.41) is 4.13. The number of carbonyl (C=O) groups excluding carboxylic acids is 1. The molecule has 0 radical (unpaired) electrons. The molecule has 1 saturated heterocycles. The monoisotopic (exact) mass is 479 g/mol. The maximum atomic E-state index is 13.4. The van der Waals surface area contributed by atoms with Crippen LogP contribution in [0.1, 0.15) is 19.8 Å². The summed E-state index contributed by atoms with van der Waals surface area (Å²) >= 11 is 1.22. The molecule has 0 saturated carbocycles. The fraction of sp³-hybridized carbons (Fsp3) is 0.320. The van der Waals surface area contributed by atoms with Gasteiger partial charge in [0.15, 0.2) is 5.16 Å². The van der Waals surface area contributed by atoms with Crippen molar-refractivity contribution < 1.29 is 18.7 Å². The fourth-order valence-electron chi connectivity index (χ4n) is 4.08. The van der Waals surface area contributed by atoms with Gasteiger partial charge in [-0.1, -0.05) is 36.0 Å². The number of anilines is 1. The Kier molecular flexibility index (Phi) is 6.55. The van der Waals surface area contributed by atoms with Gasteiger partial charge in [0.2, 0.25) is 11.5 Å². The minimum Gasteiger partial charge on any atom is -0.492 e. The van der Waals surface area contributed by atoms with Crippen LogP contribution in [0.25, 0.3) is 22.1 Å². The van der Waals surface area contributed by atoms with E-state index in [1.807, 2.05) is 49.4 Å². The van der Waals surface area contributed by atoms with Crippen molar-refractivity contribution >= 4 is 45.4 Å². The zero-order chi connectivity index (χ0) is 23.5. The van der Waals surface area contributed by atoms with Crippen molar-refractivity contribution in [3.63, 3.8) is 0 Å². The summed E-state index contributed by atoms with van der Waals surface area (Å²) in [5.41, 5.74) is 1.68. The number of nitrogens with one attached hydrogen (secondary N) is 1. The lowest BCUT2D eigenvalue weighted by atomic mass is 10.2. The molecular weight excluding hydrogens is 454 g/mol. The second-order valence-corrected chi connectivity index (χ2v) is 8.93. The van der Waals surface area contributed by atoms with E-state index >= 15 is 0 Å². The number of furan rings is 1. The van der Waals surface area contributed by atoms with Crippen molar-refractivity contribution in [1.29, 1.82) is 0 Å². The van der Waals surface area contributed by atoms with E-state index in [2.05, 4.69) is 5.32 Å². The summed E-state index contributed by atoms with van der Waals surface area (Å²) < 4.78 is 18.8. The van der Waals surface area contributed by atoms with Gasteiger partial charge in [0.25, 0.3) is 5.56 Å². The van der Waals surface area contributed by atoms with Crippen LogP contribution < -0.4 is 15.6 Å². The van der Waals surface area contributed by atoms with Gasteiger partial charge < -0.3 is 19.2 Å². The minimum absolute atomic E-state index is 0.0624. The lowest BCUT2D eigenvalue weighted by molar-refractivity contribution is -0.113. The molecule has 3 heterocycles. The van der Waals surface area contributed by atoms with Crippen molar-refractivity contribution in [2.75, 3.05) is 24.3 Å². The number of rotatable bonds is 8. The number of benzene rings is 2. The maximum Gasteiger partial charge on any atom is 0.297 e. The van der Waals surface area contributed by atoms with Crippen molar-refractivity contribution in [2.24, 2.45) is 0 Å². The van der Waals surface area contributed by atoms with Crippen LogP contribution in [0.3, 0.4) is 0 Å². The molecule has 0 aliphatic carbocycles. The molecule has 1 amide bonds. The number of hydrogen-bond acceptors (Lipinski definition) is 7. The largest absolute Gasteiger partial charge is 0.492 e. The number of nitrogens with zero attached hydrogens (tertiary/aromatic N) is 2. The molecule has 1 aliphatic heterocycles. The van der Waals surface area contributed by atoms with E-state index in [0.717, 1.165) is 18.2 Å². The Morgan fingerprint density at radius 1 is 1.24 bits per heavy atom. The lowest BCUT2D eigenvalue weighted by Gasteiger charge is -2.15. The number of carbonyl (C=O) groups is 1. The van der Waals surface area contributed by atoms with Crippen molar-refractivity contribution in [1.82, 2.24) is 9.55 Å². The minimum atomic E-state index is -0.263. The SMILES string of the molecule is CCOc1ccccc1NC(=O)CSc1nc2c(oc3ccccc32)c(=O)n1CC1CCCO1. The predicted molar refractivity (Wildman–Crippen MR) is 132 cm³/mol. The Labute approximate surface area is 200 Å². The van der Waals surface area contributed by atoms with Crippen LogP contribution in [0.4, 0.5) is 5.69 Å². The zero-order valence-corrected chi connectivity index (χ0v) is 19.6. The Hall–Kier alpha value is -3.30. The molecular formula is C25H25N3O5S. The molecule has 9 heteroatoms. The highest BCUT2D eigenvalue weighted by Gasteiger charge is 2.23. The number of para-hydroxylation sites is 3. The molecule has 0 spiro atoms. The Balaban J connectivity index is 1.44. The number of fused-ring (bicyclic) bond motifs is 3. The smallest absolute Gasteiger partial charge is 0.297 e. The standard InChI is InChI=1S/C25H25N3O5S/c1-2-31-20-12-6-4-10-18(20)26-21(29)15-34-25-27-22-17-9-3-5-11-19(17)33-23(22)24(30)28(25)14-16-8-7-13-32-16/h3-6,9-12,16H,2,7-8,13-15H2,1H3,(H,26,29). The van der Waals surface area contributed by atoms with Gasteiger partial charge in [0.1, 0.15) is 16.8 Å². The predicted octanol–water partition coefficient (Wildman–Crippen LogP) is 4.45. The second kappa shape index (κ2) is 9.90. The topological polar surface area (TPSA) is 95.6 Å². The number of amides is 1. The summed E-state index contributed by atoms with van der Waals surface area (Å²) in [6, 6.07) is 14.7. The first kappa shape index (κ1) is 22.5. The molecule has 2 aromatic heterocycles. The summed E-state index contributed by atoms with van der Waals surface area (Å²) in [4.78, 5) is 30.9. The first-order valence-electron chi connectivity index (χ1n) is 11.3. The third kappa shape index (κ3) is 4.53. The molecule has 1 fully saturated rings. The number of ether oxygens (including phenoxy) is 2. The average molecular weight is 480 g/mol. The summed E-state index contributed by atoms with van der Waals surface area (Å²) in [7, 11) is 0. The van der Waals surface area contributed by atoms with E-state index in [9.17, 15) is 9.59 Å². The van der Waals surface area contributed by atoms with Crippen molar-refractivity contribution in [3.05, 3.63) is 58.9 Å². The number of thioether (sulfide) groups is 1. The number of aromatic nitrogens is 2. The van der Waals surface area contributed by atoms with Crippen LogP contribution in [-0.4, -0.2) is 40.5 Å². The van der Waals surface area contributed by atoms with Crippen LogP contribution in [0, 0.1) is 0 Å². The molecule has 1 N–H and O–H groups in total. The van der Waals surface area contributed by atoms with E-state index in [1.54, 1.807) is 10.6 Å². The third-order valence-electron chi connectivity index (χ3n) is 5.65. The Bertz CT molecular complexity index is 1390. The maximum absolute atomic E-state index is 13.4. The highest BCUT2D eigenvalue weighted by atomic mass is 32.2. The summed E-state index contributed by atoms with van der Waals surface area (Å²) in [6.07, 6.45) is 1.78. The molecule has 4 aromatic rings. The molecule has 34 heavy (non-hydrogen) atoms. The molecule has 1 unspecified atom stereocenters. The molecule has 1 atom stereocenters. The van der Waals surface area contributed by atoms with Gasteiger partial charge in [-0.05, 0) is 44.0 Å². The van der Waals surface area contributed by atoms with Gasteiger partial charge in [-0.2, -0.15) is 0 Å². The van der Waals surface area contributed by atoms with Gasteiger partial charge in [0, 0.05) is 12.0 Å². The summed E-state index contributed by atoms with van der Waals surface area (Å²) in [6.45, 7) is 3.45. The first-order chi connectivity index (χ1) is 16.6. The first-order valence-corrected chi connectivity index (χ1v) is 12.3. The molecule has 8 nitrogen and oxygen atoms in total. The van der Waals surface area contributed by atoms with Gasteiger partial charge in [0.05, 0.1) is 30.7 Å². The van der Waals surface area contributed by atoms with E-state index < -0.39 is 0 Å². The van der Waals surface area contributed by atoms with Crippen molar-refractivity contribution in [3.8, 4) is 5.75 Å². The van der Waals surface area contributed by atoms with E-state index in [-0.39, 0.29) is 28.9 Å².